The van der Waals surface area contributed by atoms with Crippen LogP contribution >= 0.6 is 0 Å². The number of carbonyl (C=O) groups excluding carboxylic acids is 1. The Morgan fingerprint density at radius 3 is 1.97 bits per heavy atom. The minimum absolute atomic E-state index is 0.0243. The topological polar surface area (TPSA) is 35.5 Å². The highest BCUT2D eigenvalue weighted by molar-refractivity contribution is 6.99. The first kappa shape index (κ1) is 24.7. The van der Waals surface area contributed by atoms with Crippen LogP contribution in [0, 0.1) is 11.8 Å². The molecule has 1 fully saturated rings. The Labute approximate surface area is 195 Å². The number of rotatable bonds is 11. The third-order valence-electron chi connectivity index (χ3n) is 6.86. The zero-order valence-corrected chi connectivity index (χ0v) is 21.5. The third-order valence-corrected chi connectivity index (χ3v) is 11.9. The van der Waals surface area contributed by atoms with Crippen LogP contribution in [0.5, 0.6) is 0 Å². The first-order valence-electron chi connectivity index (χ1n) is 12.3. The molecule has 0 aliphatic carbocycles. The Hall–Kier alpha value is -1.91. The molecule has 0 radical (unpaired) electrons. The van der Waals surface area contributed by atoms with Crippen molar-refractivity contribution in [2.24, 2.45) is 11.8 Å². The van der Waals surface area contributed by atoms with E-state index in [2.05, 4.69) is 95.3 Å². The molecule has 0 amide bonds. The van der Waals surface area contributed by atoms with Crippen molar-refractivity contribution in [1.29, 1.82) is 0 Å². The predicted molar refractivity (Wildman–Crippen MR) is 135 cm³/mol. The molecule has 3 nitrogen and oxygen atoms in total. The van der Waals surface area contributed by atoms with Crippen molar-refractivity contribution in [2.75, 3.05) is 6.61 Å². The number of esters is 1. The van der Waals surface area contributed by atoms with Gasteiger partial charge in [-0.25, -0.2) is 0 Å². The highest BCUT2D eigenvalue weighted by Gasteiger charge is 2.51. The second-order valence-corrected chi connectivity index (χ2v) is 14.6. The monoisotopic (exact) mass is 452 g/mol. The molecule has 1 heterocycles. The number of benzene rings is 2. The third kappa shape index (κ3) is 5.18. The van der Waals surface area contributed by atoms with Gasteiger partial charge in [-0.3, -0.25) is 4.79 Å². The van der Waals surface area contributed by atoms with E-state index < -0.39 is 8.32 Å². The van der Waals surface area contributed by atoms with Crippen molar-refractivity contribution in [2.45, 2.75) is 77.9 Å². The molecule has 3 rings (SSSR count). The van der Waals surface area contributed by atoms with E-state index in [9.17, 15) is 4.79 Å². The van der Waals surface area contributed by atoms with Crippen LogP contribution in [-0.2, 0) is 14.0 Å². The summed E-state index contributed by atoms with van der Waals surface area (Å²) in [5.74, 6) is 0.180. The maximum Gasteiger partial charge on any atom is 0.313 e. The Balaban J connectivity index is 1.81. The lowest BCUT2D eigenvalue weighted by molar-refractivity contribution is -0.193. The predicted octanol–water partition coefficient (Wildman–Crippen LogP) is 5.71. The van der Waals surface area contributed by atoms with Gasteiger partial charge < -0.3 is 9.16 Å². The van der Waals surface area contributed by atoms with E-state index in [4.69, 9.17) is 9.16 Å². The maximum absolute atomic E-state index is 12.2. The van der Waals surface area contributed by atoms with Gasteiger partial charge in [0.05, 0.1) is 5.92 Å². The van der Waals surface area contributed by atoms with Crippen LogP contribution in [0.3, 0.4) is 0 Å². The number of hydrogen-bond donors (Lipinski definition) is 0. The summed E-state index contributed by atoms with van der Waals surface area (Å²) >= 11 is 0. The second kappa shape index (κ2) is 10.8. The van der Waals surface area contributed by atoms with Gasteiger partial charge in [0.15, 0.2) is 0 Å². The van der Waals surface area contributed by atoms with E-state index >= 15 is 0 Å². The lowest BCUT2D eigenvalue weighted by atomic mass is 9.84. The molecule has 1 saturated heterocycles. The van der Waals surface area contributed by atoms with E-state index in [0.29, 0.717) is 6.61 Å². The average Bonchev–Trinajstić information content (AvgIpc) is 2.78. The smallest absolute Gasteiger partial charge is 0.313 e. The molecule has 0 spiro atoms. The van der Waals surface area contributed by atoms with Crippen molar-refractivity contribution in [3.63, 3.8) is 0 Å². The van der Waals surface area contributed by atoms with E-state index in [1.54, 1.807) is 0 Å². The summed E-state index contributed by atoms with van der Waals surface area (Å²) in [6.07, 6.45) is 5.65. The summed E-state index contributed by atoms with van der Waals surface area (Å²) in [6, 6.07) is 21.4. The van der Waals surface area contributed by atoms with Crippen LogP contribution in [0.2, 0.25) is 5.04 Å². The molecule has 1 aliphatic heterocycles. The minimum atomic E-state index is -2.56. The van der Waals surface area contributed by atoms with Gasteiger partial charge in [-0.1, -0.05) is 121 Å². The van der Waals surface area contributed by atoms with Gasteiger partial charge in [-0.2, -0.15) is 0 Å². The molecule has 0 bridgehead atoms. The van der Waals surface area contributed by atoms with Crippen LogP contribution in [0.25, 0.3) is 0 Å². The van der Waals surface area contributed by atoms with Crippen molar-refractivity contribution < 1.29 is 14.0 Å². The number of hydrogen-bond acceptors (Lipinski definition) is 3. The highest BCUT2D eigenvalue weighted by atomic mass is 28.4. The number of ether oxygens (including phenoxy) is 1. The van der Waals surface area contributed by atoms with Gasteiger partial charge in [0.25, 0.3) is 8.32 Å². The average molecular weight is 453 g/mol. The molecule has 1 unspecified atom stereocenters. The van der Waals surface area contributed by atoms with E-state index in [-0.39, 0.29) is 28.9 Å². The van der Waals surface area contributed by atoms with Crippen molar-refractivity contribution in [3.05, 3.63) is 60.7 Å². The summed E-state index contributed by atoms with van der Waals surface area (Å²) in [7, 11) is -2.56. The van der Waals surface area contributed by atoms with E-state index in [1.807, 2.05) is 0 Å². The molecule has 0 aromatic heterocycles. The molecule has 32 heavy (non-hydrogen) atoms. The fourth-order valence-electron chi connectivity index (χ4n) is 5.06. The lowest BCUT2D eigenvalue weighted by Crippen LogP contribution is -2.67. The highest BCUT2D eigenvalue weighted by Crippen LogP contribution is 2.38. The van der Waals surface area contributed by atoms with Gasteiger partial charge in [-0.05, 0) is 21.8 Å². The molecule has 174 valence electrons. The number of cyclic esters (lactones) is 1. The largest absolute Gasteiger partial charge is 0.461 e. The number of unbranched alkanes of at least 4 members (excludes halogenated alkanes) is 3. The molecule has 2 aromatic carbocycles. The molecule has 0 N–H and O–H groups in total. The van der Waals surface area contributed by atoms with E-state index in [1.165, 1.54) is 29.6 Å². The summed E-state index contributed by atoms with van der Waals surface area (Å²) in [6.45, 7) is 11.9. The SMILES string of the molecule is CCCCCC[C@H]1C(=O)O[C@@H]1C(C)CO[Si](c1ccccc1)(c1ccccc1)C(C)(C)C. The molecule has 3 atom stereocenters. The van der Waals surface area contributed by atoms with Crippen molar-refractivity contribution in [1.82, 2.24) is 0 Å². The van der Waals surface area contributed by atoms with E-state index in [0.717, 1.165) is 12.8 Å². The van der Waals surface area contributed by atoms with Gasteiger partial charge in [0, 0.05) is 12.5 Å². The summed E-state index contributed by atoms with van der Waals surface area (Å²) in [5.41, 5.74) is 0. The van der Waals surface area contributed by atoms with Gasteiger partial charge in [0.1, 0.15) is 6.10 Å². The first-order chi connectivity index (χ1) is 15.3. The molecule has 0 saturated carbocycles. The Morgan fingerprint density at radius 2 is 1.50 bits per heavy atom. The quantitative estimate of drug-likeness (QED) is 0.249. The fraction of sp³-hybridized carbons (Fsp3) is 0.536. The molecular weight excluding hydrogens is 412 g/mol. The zero-order chi connectivity index (χ0) is 23.2. The van der Waals surface area contributed by atoms with Crippen LogP contribution in [0.4, 0.5) is 0 Å². The summed E-state index contributed by atoms with van der Waals surface area (Å²) < 4.78 is 12.7. The zero-order valence-electron chi connectivity index (χ0n) is 20.5. The van der Waals surface area contributed by atoms with Crippen molar-refractivity contribution in [3.8, 4) is 0 Å². The van der Waals surface area contributed by atoms with Gasteiger partial charge in [0.2, 0.25) is 0 Å². The molecule has 1 aliphatic rings. The van der Waals surface area contributed by atoms with Crippen LogP contribution in [0.1, 0.15) is 66.7 Å². The Morgan fingerprint density at radius 1 is 0.938 bits per heavy atom. The second-order valence-electron chi connectivity index (χ2n) is 10.3. The standard InChI is InChI=1S/C28H40O3Si/c1-6-7-8-15-20-25-26(31-27(25)29)22(2)21-30-32(28(3,4)5,23-16-11-9-12-17-23)24-18-13-10-14-19-24/h9-14,16-19,22,25-26H,6-8,15,20-21H2,1-5H3/t22?,25-,26-/m1/s1. The molecule has 2 aromatic rings. The fourth-order valence-corrected chi connectivity index (χ4v) is 9.73. The van der Waals surface area contributed by atoms with Crippen molar-refractivity contribution >= 4 is 24.7 Å². The first-order valence-corrected chi connectivity index (χ1v) is 14.2. The van der Waals surface area contributed by atoms with Crippen LogP contribution in [0.15, 0.2) is 60.7 Å². The van der Waals surface area contributed by atoms with Crippen LogP contribution < -0.4 is 10.4 Å². The lowest BCUT2D eigenvalue weighted by Gasteiger charge is -2.45. The molecule has 4 heteroatoms. The summed E-state index contributed by atoms with van der Waals surface area (Å²) in [4.78, 5) is 12.2. The minimum Gasteiger partial charge on any atom is -0.461 e. The summed E-state index contributed by atoms with van der Waals surface area (Å²) in [5, 5.41) is 2.52. The van der Waals surface area contributed by atoms with Gasteiger partial charge in [-0.15, -0.1) is 0 Å². The Bertz CT molecular complexity index is 804. The van der Waals surface area contributed by atoms with Gasteiger partial charge >= 0.3 is 5.97 Å². The van der Waals surface area contributed by atoms with Crippen LogP contribution in [-0.4, -0.2) is 27.0 Å². The maximum atomic E-state index is 12.2. The normalized spacial score (nSPS) is 19.8. The molecular formula is C28H40O3Si. The Kier molecular flexibility index (Phi) is 8.35. The number of carbonyl (C=O) groups is 1.